The third kappa shape index (κ3) is 3.97. The van der Waals surface area contributed by atoms with Gasteiger partial charge in [0.1, 0.15) is 0 Å². The van der Waals surface area contributed by atoms with E-state index in [1.54, 1.807) is 0 Å². The van der Waals surface area contributed by atoms with Crippen molar-refractivity contribution in [1.82, 2.24) is 10.2 Å². The number of nitrogens with zero attached hydrogens (tertiary/aromatic N) is 1. The van der Waals surface area contributed by atoms with Crippen LogP contribution < -0.4 is 5.32 Å². The molecular weight excluding hydrogens is 204 g/mol. The Labute approximate surface area is 98.2 Å². The lowest BCUT2D eigenvalue weighted by atomic mass is 10.2. The highest BCUT2D eigenvalue weighted by molar-refractivity contribution is 7.99. The van der Waals surface area contributed by atoms with Crippen molar-refractivity contribution in [2.24, 2.45) is 0 Å². The monoisotopic (exact) mass is 228 g/mol. The van der Waals surface area contributed by atoms with E-state index >= 15 is 0 Å². The van der Waals surface area contributed by atoms with Crippen molar-refractivity contribution < 1.29 is 0 Å². The Kier molecular flexibility index (Phi) is 4.79. The molecular formula is C12H24N2S. The highest BCUT2D eigenvalue weighted by Crippen LogP contribution is 2.29. The quantitative estimate of drug-likeness (QED) is 0.671. The Bertz CT molecular complexity index is 182. The van der Waals surface area contributed by atoms with Gasteiger partial charge in [0, 0.05) is 25.2 Å². The molecule has 2 nitrogen and oxygen atoms in total. The minimum atomic E-state index is 0.789. The van der Waals surface area contributed by atoms with Crippen LogP contribution in [0.25, 0.3) is 0 Å². The average Bonchev–Trinajstić information content (AvgIpc) is 2.99. The first kappa shape index (κ1) is 11.7. The first-order valence-corrected chi connectivity index (χ1v) is 7.61. The Morgan fingerprint density at radius 2 is 2.20 bits per heavy atom. The van der Waals surface area contributed by atoms with Crippen LogP contribution in [0.15, 0.2) is 0 Å². The van der Waals surface area contributed by atoms with Gasteiger partial charge in [-0.1, -0.05) is 6.92 Å². The molecule has 0 aromatic heterocycles. The van der Waals surface area contributed by atoms with Crippen molar-refractivity contribution >= 4 is 11.8 Å². The predicted molar refractivity (Wildman–Crippen MR) is 68.6 cm³/mol. The fourth-order valence-corrected chi connectivity index (χ4v) is 2.99. The van der Waals surface area contributed by atoms with Crippen LogP contribution in [0.5, 0.6) is 0 Å². The largest absolute Gasteiger partial charge is 0.313 e. The van der Waals surface area contributed by atoms with Crippen molar-refractivity contribution in [2.75, 3.05) is 31.1 Å². The fraction of sp³-hybridized carbons (Fsp3) is 1.00. The number of rotatable bonds is 7. The van der Waals surface area contributed by atoms with Gasteiger partial charge in [-0.15, -0.1) is 0 Å². The molecule has 0 amide bonds. The van der Waals surface area contributed by atoms with E-state index in [0.29, 0.717) is 0 Å². The Balaban J connectivity index is 1.49. The summed E-state index contributed by atoms with van der Waals surface area (Å²) < 4.78 is 0. The second-order valence-electron chi connectivity index (χ2n) is 4.72. The third-order valence-corrected chi connectivity index (χ3v) is 4.37. The number of nitrogens with one attached hydrogen (secondary N) is 1. The normalized spacial score (nSPS) is 27.4. The molecule has 1 N–H and O–H groups in total. The van der Waals surface area contributed by atoms with Gasteiger partial charge in [0.15, 0.2) is 0 Å². The van der Waals surface area contributed by atoms with E-state index in [1.165, 1.54) is 56.8 Å². The van der Waals surface area contributed by atoms with E-state index in [-0.39, 0.29) is 0 Å². The van der Waals surface area contributed by atoms with E-state index in [1.807, 2.05) is 0 Å². The molecule has 2 fully saturated rings. The summed E-state index contributed by atoms with van der Waals surface area (Å²) >= 11 is 2.06. The molecule has 1 unspecified atom stereocenters. The summed E-state index contributed by atoms with van der Waals surface area (Å²) in [6.07, 6.45) is 5.62. The number of likely N-dealkylation sites (tertiary alicyclic amines) is 1. The molecule has 88 valence electrons. The van der Waals surface area contributed by atoms with E-state index in [2.05, 4.69) is 28.9 Å². The van der Waals surface area contributed by atoms with Crippen molar-refractivity contribution in [3.63, 3.8) is 0 Å². The molecule has 15 heavy (non-hydrogen) atoms. The van der Waals surface area contributed by atoms with Crippen LogP contribution in [0.1, 0.15) is 32.6 Å². The molecule has 1 heterocycles. The first-order chi connectivity index (χ1) is 7.40. The summed E-state index contributed by atoms with van der Waals surface area (Å²) in [5, 5.41) is 3.70. The maximum absolute atomic E-state index is 3.70. The number of hydrogen-bond donors (Lipinski definition) is 1. The van der Waals surface area contributed by atoms with Crippen LogP contribution in [-0.4, -0.2) is 48.1 Å². The van der Waals surface area contributed by atoms with Crippen molar-refractivity contribution in [3.8, 4) is 0 Å². The molecule has 3 heteroatoms. The minimum absolute atomic E-state index is 0.789. The van der Waals surface area contributed by atoms with Crippen LogP contribution in [0.4, 0.5) is 0 Å². The lowest BCUT2D eigenvalue weighted by Crippen LogP contribution is -2.34. The lowest BCUT2D eigenvalue weighted by Gasteiger charge is -2.15. The van der Waals surface area contributed by atoms with Gasteiger partial charge in [-0.2, -0.15) is 11.8 Å². The molecule has 0 spiro atoms. The van der Waals surface area contributed by atoms with Crippen molar-refractivity contribution in [1.29, 1.82) is 0 Å². The molecule has 1 aliphatic carbocycles. The highest BCUT2D eigenvalue weighted by atomic mass is 32.2. The summed E-state index contributed by atoms with van der Waals surface area (Å²) in [6.45, 7) is 6.11. The summed E-state index contributed by atoms with van der Waals surface area (Å²) in [6, 6.07) is 1.75. The number of hydrogen-bond acceptors (Lipinski definition) is 3. The van der Waals surface area contributed by atoms with E-state index in [0.717, 1.165) is 12.1 Å². The summed E-state index contributed by atoms with van der Waals surface area (Å²) in [4.78, 5) is 2.68. The zero-order chi connectivity index (χ0) is 10.5. The molecule has 0 bridgehead atoms. The Morgan fingerprint density at radius 1 is 1.33 bits per heavy atom. The standard InChI is InChI=1S/C12H24N2S/c1-2-15-9-3-7-13-11-6-8-14(10-11)12-4-5-12/h11-13H,2-10H2,1H3. The highest BCUT2D eigenvalue weighted by Gasteiger charge is 2.33. The lowest BCUT2D eigenvalue weighted by molar-refractivity contribution is 0.318. The zero-order valence-corrected chi connectivity index (χ0v) is 10.7. The third-order valence-electron chi connectivity index (χ3n) is 3.39. The summed E-state index contributed by atoms with van der Waals surface area (Å²) in [5.41, 5.74) is 0. The van der Waals surface area contributed by atoms with Gasteiger partial charge in [-0.05, 0) is 43.7 Å². The summed E-state index contributed by atoms with van der Waals surface area (Å²) in [7, 11) is 0. The van der Waals surface area contributed by atoms with Gasteiger partial charge in [-0.25, -0.2) is 0 Å². The van der Waals surface area contributed by atoms with Gasteiger partial charge in [-0.3, -0.25) is 4.90 Å². The second-order valence-corrected chi connectivity index (χ2v) is 6.11. The predicted octanol–water partition coefficient (Wildman–Crippen LogP) is 1.96. The van der Waals surface area contributed by atoms with Gasteiger partial charge >= 0.3 is 0 Å². The van der Waals surface area contributed by atoms with Gasteiger partial charge in [0.05, 0.1) is 0 Å². The smallest absolute Gasteiger partial charge is 0.0207 e. The van der Waals surface area contributed by atoms with Crippen molar-refractivity contribution in [3.05, 3.63) is 0 Å². The molecule has 2 aliphatic rings. The van der Waals surface area contributed by atoms with E-state index < -0.39 is 0 Å². The molecule has 0 aromatic carbocycles. The van der Waals surface area contributed by atoms with Crippen LogP contribution in [0.3, 0.4) is 0 Å². The Morgan fingerprint density at radius 3 is 2.93 bits per heavy atom. The molecule has 1 aliphatic heterocycles. The maximum Gasteiger partial charge on any atom is 0.0207 e. The topological polar surface area (TPSA) is 15.3 Å². The SMILES string of the molecule is CCSCCCNC1CCN(C2CC2)C1. The molecule has 1 atom stereocenters. The first-order valence-electron chi connectivity index (χ1n) is 6.45. The van der Waals surface area contributed by atoms with E-state index in [9.17, 15) is 0 Å². The molecule has 0 aromatic rings. The van der Waals surface area contributed by atoms with E-state index in [4.69, 9.17) is 0 Å². The van der Waals surface area contributed by atoms with Gasteiger partial charge < -0.3 is 5.32 Å². The molecule has 1 saturated heterocycles. The van der Waals surface area contributed by atoms with Crippen LogP contribution in [0.2, 0.25) is 0 Å². The van der Waals surface area contributed by atoms with Gasteiger partial charge in [0.2, 0.25) is 0 Å². The van der Waals surface area contributed by atoms with Gasteiger partial charge in [0.25, 0.3) is 0 Å². The maximum atomic E-state index is 3.70. The van der Waals surface area contributed by atoms with Crippen LogP contribution in [-0.2, 0) is 0 Å². The molecule has 0 radical (unpaired) electrons. The second kappa shape index (κ2) is 6.12. The molecule has 2 rings (SSSR count). The van der Waals surface area contributed by atoms with Crippen molar-refractivity contribution in [2.45, 2.75) is 44.7 Å². The minimum Gasteiger partial charge on any atom is -0.313 e. The average molecular weight is 228 g/mol. The zero-order valence-electron chi connectivity index (χ0n) is 9.87. The summed E-state index contributed by atoms with van der Waals surface area (Å²) in [5.74, 6) is 2.58. The number of thioether (sulfide) groups is 1. The fourth-order valence-electron chi connectivity index (χ4n) is 2.35. The Hall–Kier alpha value is 0.270. The van der Waals surface area contributed by atoms with Crippen LogP contribution in [0, 0.1) is 0 Å². The molecule has 1 saturated carbocycles. The van der Waals surface area contributed by atoms with Crippen LogP contribution >= 0.6 is 11.8 Å².